The average Bonchev–Trinajstić information content (AvgIpc) is 3.50. The highest BCUT2D eigenvalue weighted by atomic mass is 35.5. The second kappa shape index (κ2) is 7.97. The van der Waals surface area contributed by atoms with E-state index in [0.717, 1.165) is 12.8 Å². The molecule has 10 nitrogen and oxygen atoms in total. The first-order chi connectivity index (χ1) is 15.5. The Kier molecular flexibility index (Phi) is 4.98. The molecule has 0 radical (unpaired) electrons. The second-order valence-corrected chi connectivity index (χ2v) is 7.64. The van der Waals surface area contributed by atoms with E-state index < -0.39 is 5.91 Å². The molecule has 5 aromatic rings. The summed E-state index contributed by atoms with van der Waals surface area (Å²) in [5, 5.41) is 12.8. The van der Waals surface area contributed by atoms with Gasteiger partial charge in [0.05, 0.1) is 6.26 Å². The number of amides is 1. The van der Waals surface area contributed by atoms with Crippen molar-refractivity contribution in [1.29, 1.82) is 0 Å². The average molecular weight is 451 g/mol. The standard InChI is InChI=1S/C21H19ClN8O2/c1-2-3-9-29-16(23)15-18(27-29)26-20(21(31)24-13-7-4-6-12(22)11-13)30-19(15)25-17(28-30)14-8-5-10-32-14/h4-8,10-11H,2-3,9,23H2,1H3,(H,24,31). The van der Waals surface area contributed by atoms with Crippen LogP contribution in [-0.4, -0.2) is 35.3 Å². The van der Waals surface area contributed by atoms with Gasteiger partial charge in [0, 0.05) is 17.3 Å². The first-order valence-corrected chi connectivity index (χ1v) is 10.5. The number of benzene rings is 1. The topological polar surface area (TPSA) is 129 Å². The van der Waals surface area contributed by atoms with Crippen LogP contribution in [0.3, 0.4) is 0 Å². The Hall–Kier alpha value is -3.92. The summed E-state index contributed by atoms with van der Waals surface area (Å²) in [6, 6.07) is 10.3. The summed E-state index contributed by atoms with van der Waals surface area (Å²) in [5.41, 5.74) is 7.60. The normalized spacial score (nSPS) is 11.4. The van der Waals surface area contributed by atoms with Crippen LogP contribution >= 0.6 is 11.6 Å². The monoisotopic (exact) mass is 450 g/mol. The molecule has 0 saturated heterocycles. The van der Waals surface area contributed by atoms with Crippen LogP contribution in [0.4, 0.5) is 11.5 Å². The Morgan fingerprint density at radius 1 is 1.22 bits per heavy atom. The number of halogens is 1. The number of carbonyl (C=O) groups is 1. The van der Waals surface area contributed by atoms with Gasteiger partial charge in [-0.05, 0) is 36.8 Å². The number of aryl methyl sites for hydroxylation is 1. The fraction of sp³-hybridized carbons (Fsp3) is 0.190. The fourth-order valence-corrected chi connectivity index (χ4v) is 3.60. The van der Waals surface area contributed by atoms with Crippen molar-refractivity contribution in [2.45, 2.75) is 26.3 Å². The number of nitrogen functional groups attached to an aromatic ring is 1. The molecule has 0 aliphatic heterocycles. The molecule has 5 rings (SSSR count). The van der Waals surface area contributed by atoms with Crippen LogP contribution in [-0.2, 0) is 6.54 Å². The minimum atomic E-state index is -0.489. The molecule has 0 saturated carbocycles. The van der Waals surface area contributed by atoms with E-state index in [9.17, 15) is 4.79 Å². The number of unbranched alkanes of at least 4 members (excludes halogenated alkanes) is 1. The van der Waals surface area contributed by atoms with Crippen molar-refractivity contribution < 1.29 is 9.21 Å². The number of hydrogen-bond donors (Lipinski definition) is 2. The van der Waals surface area contributed by atoms with E-state index in [1.807, 2.05) is 0 Å². The molecule has 0 aliphatic rings. The Balaban J connectivity index is 1.69. The van der Waals surface area contributed by atoms with Crippen molar-refractivity contribution in [3.63, 3.8) is 0 Å². The Labute approximate surface area is 187 Å². The third-order valence-electron chi connectivity index (χ3n) is 4.97. The molecule has 1 aromatic carbocycles. The molecule has 0 atom stereocenters. The summed E-state index contributed by atoms with van der Waals surface area (Å²) in [6.07, 6.45) is 3.42. The zero-order valence-electron chi connectivity index (χ0n) is 17.1. The number of aromatic nitrogens is 6. The summed E-state index contributed by atoms with van der Waals surface area (Å²) >= 11 is 6.04. The highest BCUT2D eigenvalue weighted by molar-refractivity contribution is 6.31. The maximum atomic E-state index is 13.1. The van der Waals surface area contributed by atoms with Crippen LogP contribution in [0.5, 0.6) is 0 Å². The largest absolute Gasteiger partial charge is 0.461 e. The molecule has 3 N–H and O–H groups in total. The first kappa shape index (κ1) is 20.0. The Bertz CT molecular complexity index is 1440. The highest BCUT2D eigenvalue weighted by Gasteiger charge is 2.24. The number of carbonyl (C=O) groups excluding carboxylic acids is 1. The number of nitrogens with zero attached hydrogens (tertiary/aromatic N) is 6. The first-order valence-electron chi connectivity index (χ1n) is 10.1. The van der Waals surface area contributed by atoms with Gasteiger partial charge in [0.25, 0.3) is 5.91 Å². The van der Waals surface area contributed by atoms with Crippen molar-refractivity contribution in [3.8, 4) is 11.6 Å². The number of fused-ring (bicyclic) bond motifs is 3. The van der Waals surface area contributed by atoms with Crippen LogP contribution in [0.1, 0.15) is 30.4 Å². The van der Waals surface area contributed by atoms with Gasteiger partial charge < -0.3 is 15.5 Å². The van der Waals surface area contributed by atoms with Gasteiger partial charge in [0.15, 0.2) is 17.1 Å². The maximum absolute atomic E-state index is 13.1. The second-order valence-electron chi connectivity index (χ2n) is 7.21. The van der Waals surface area contributed by atoms with E-state index in [1.54, 1.807) is 41.1 Å². The lowest BCUT2D eigenvalue weighted by Gasteiger charge is -2.06. The summed E-state index contributed by atoms with van der Waals surface area (Å²) in [7, 11) is 0. The minimum Gasteiger partial charge on any atom is -0.461 e. The number of furan rings is 1. The number of nitrogens with two attached hydrogens (primary N) is 1. The lowest BCUT2D eigenvalue weighted by atomic mass is 10.3. The molecule has 0 spiro atoms. The molecule has 0 aliphatic carbocycles. The SMILES string of the molecule is CCCCn1nc2nc(C(=O)Nc3cccc(Cl)c3)n3nc(-c4ccco4)nc3c2c1N. The quantitative estimate of drug-likeness (QED) is 0.399. The molecule has 0 fully saturated rings. The van der Waals surface area contributed by atoms with E-state index in [-0.39, 0.29) is 5.82 Å². The van der Waals surface area contributed by atoms with Crippen molar-refractivity contribution in [2.24, 2.45) is 0 Å². The van der Waals surface area contributed by atoms with E-state index in [0.29, 0.717) is 51.3 Å². The molecule has 162 valence electrons. The third-order valence-corrected chi connectivity index (χ3v) is 5.20. The van der Waals surface area contributed by atoms with Gasteiger partial charge in [0.2, 0.25) is 11.6 Å². The fourth-order valence-electron chi connectivity index (χ4n) is 3.41. The van der Waals surface area contributed by atoms with Crippen LogP contribution in [0.2, 0.25) is 5.02 Å². The van der Waals surface area contributed by atoms with Crippen LogP contribution in [0.15, 0.2) is 47.1 Å². The number of anilines is 2. The molecule has 4 aromatic heterocycles. The van der Waals surface area contributed by atoms with Crippen molar-refractivity contribution in [3.05, 3.63) is 53.5 Å². The molecule has 1 amide bonds. The summed E-state index contributed by atoms with van der Waals surface area (Å²) in [5.74, 6) is 0.711. The molecule has 32 heavy (non-hydrogen) atoms. The number of nitrogens with one attached hydrogen (secondary N) is 1. The summed E-state index contributed by atoms with van der Waals surface area (Å²) in [4.78, 5) is 22.2. The number of rotatable bonds is 6. The van der Waals surface area contributed by atoms with Gasteiger partial charge in [-0.15, -0.1) is 5.10 Å². The van der Waals surface area contributed by atoms with E-state index in [2.05, 4.69) is 32.4 Å². The third kappa shape index (κ3) is 3.44. The zero-order chi connectivity index (χ0) is 22.2. The molecule has 0 unspecified atom stereocenters. The Morgan fingerprint density at radius 3 is 2.84 bits per heavy atom. The smallest absolute Gasteiger partial charge is 0.293 e. The van der Waals surface area contributed by atoms with Crippen LogP contribution in [0.25, 0.3) is 28.3 Å². The van der Waals surface area contributed by atoms with Crippen molar-refractivity contribution in [1.82, 2.24) is 29.4 Å². The van der Waals surface area contributed by atoms with E-state index >= 15 is 0 Å². The predicted molar refractivity (Wildman–Crippen MR) is 121 cm³/mol. The van der Waals surface area contributed by atoms with Gasteiger partial charge in [-0.3, -0.25) is 4.79 Å². The molecule has 4 heterocycles. The summed E-state index contributed by atoms with van der Waals surface area (Å²) < 4.78 is 8.48. The van der Waals surface area contributed by atoms with Crippen molar-refractivity contribution >= 4 is 45.7 Å². The van der Waals surface area contributed by atoms with Gasteiger partial charge in [-0.2, -0.15) is 9.61 Å². The maximum Gasteiger partial charge on any atom is 0.293 e. The molecular weight excluding hydrogens is 432 g/mol. The van der Waals surface area contributed by atoms with Crippen LogP contribution < -0.4 is 11.1 Å². The van der Waals surface area contributed by atoms with Gasteiger partial charge in [-0.1, -0.05) is 31.0 Å². The summed E-state index contributed by atoms with van der Waals surface area (Å²) in [6.45, 7) is 2.72. The zero-order valence-corrected chi connectivity index (χ0v) is 17.9. The highest BCUT2D eigenvalue weighted by Crippen LogP contribution is 2.27. The van der Waals surface area contributed by atoms with Gasteiger partial charge in [-0.25, -0.2) is 14.6 Å². The molecule has 0 bridgehead atoms. The van der Waals surface area contributed by atoms with Gasteiger partial charge in [0.1, 0.15) is 11.2 Å². The van der Waals surface area contributed by atoms with Crippen LogP contribution in [0, 0.1) is 0 Å². The lowest BCUT2D eigenvalue weighted by Crippen LogP contribution is -2.19. The van der Waals surface area contributed by atoms with E-state index in [4.69, 9.17) is 21.8 Å². The molecule has 11 heteroatoms. The van der Waals surface area contributed by atoms with E-state index in [1.165, 1.54) is 10.8 Å². The van der Waals surface area contributed by atoms with Crippen molar-refractivity contribution in [2.75, 3.05) is 11.1 Å². The predicted octanol–water partition coefficient (Wildman–Crippen LogP) is 4.02. The lowest BCUT2D eigenvalue weighted by molar-refractivity contribution is 0.101. The molecular formula is C21H19ClN8O2. The minimum absolute atomic E-state index is 0.0120. The number of hydrogen-bond acceptors (Lipinski definition) is 7. The Morgan fingerprint density at radius 2 is 2.09 bits per heavy atom. The van der Waals surface area contributed by atoms with Gasteiger partial charge >= 0.3 is 0 Å².